The molecule has 1 unspecified atom stereocenters. The second-order valence-electron chi connectivity index (χ2n) is 8.52. The molecule has 2 amide bonds. The first-order valence-electron chi connectivity index (χ1n) is 10.7. The molecule has 5 atom stereocenters. The summed E-state index contributed by atoms with van der Waals surface area (Å²) in [6.45, 7) is 5.03. The molecule has 2 fully saturated rings. The van der Waals surface area contributed by atoms with E-state index in [-0.39, 0.29) is 29.8 Å². The van der Waals surface area contributed by atoms with Crippen molar-refractivity contribution in [2.45, 2.75) is 37.5 Å². The van der Waals surface area contributed by atoms with Crippen LogP contribution in [-0.4, -0.2) is 66.0 Å². The number of benzene rings is 2. The quantitative estimate of drug-likeness (QED) is 0.848. The van der Waals surface area contributed by atoms with Crippen molar-refractivity contribution in [1.29, 1.82) is 0 Å². The van der Waals surface area contributed by atoms with Crippen LogP contribution >= 0.6 is 0 Å². The van der Waals surface area contributed by atoms with Crippen LogP contribution in [0.25, 0.3) is 0 Å². The van der Waals surface area contributed by atoms with E-state index in [0.717, 1.165) is 36.4 Å². The van der Waals surface area contributed by atoms with Crippen molar-refractivity contribution < 1.29 is 14.3 Å². The zero-order valence-corrected chi connectivity index (χ0v) is 17.2. The first-order chi connectivity index (χ1) is 14.6. The Labute approximate surface area is 176 Å². The van der Waals surface area contributed by atoms with Crippen LogP contribution in [-0.2, 0) is 4.79 Å². The third-order valence-electron chi connectivity index (χ3n) is 6.73. The van der Waals surface area contributed by atoms with E-state index in [2.05, 4.69) is 10.2 Å². The maximum Gasteiger partial charge on any atom is 0.261 e. The van der Waals surface area contributed by atoms with Crippen molar-refractivity contribution in [3.63, 3.8) is 0 Å². The lowest BCUT2D eigenvalue weighted by Crippen LogP contribution is -2.58. The minimum atomic E-state index is -0.501. The predicted molar refractivity (Wildman–Crippen MR) is 114 cm³/mol. The highest BCUT2D eigenvalue weighted by molar-refractivity contribution is 5.94. The van der Waals surface area contributed by atoms with E-state index >= 15 is 0 Å². The zero-order chi connectivity index (χ0) is 20.7. The van der Waals surface area contributed by atoms with Gasteiger partial charge in [-0.3, -0.25) is 14.5 Å². The molecule has 5 rings (SSSR count). The molecule has 2 aromatic rings. The Morgan fingerprint density at radius 2 is 1.83 bits per heavy atom. The van der Waals surface area contributed by atoms with Crippen LogP contribution in [0.1, 0.15) is 35.2 Å². The van der Waals surface area contributed by atoms with Crippen LogP contribution in [0.3, 0.4) is 0 Å². The molecule has 0 saturated carbocycles. The molecule has 3 aliphatic heterocycles. The summed E-state index contributed by atoms with van der Waals surface area (Å²) < 4.78 is 5.91. The fraction of sp³-hybridized carbons (Fsp3) is 0.417. The lowest BCUT2D eigenvalue weighted by molar-refractivity contribution is -0.128. The number of hydrogen-bond donors (Lipinski definition) is 1. The van der Waals surface area contributed by atoms with E-state index < -0.39 is 6.10 Å². The molecule has 3 heterocycles. The van der Waals surface area contributed by atoms with Crippen LogP contribution in [0.2, 0.25) is 0 Å². The molecule has 2 bridgehead atoms. The van der Waals surface area contributed by atoms with Crippen molar-refractivity contribution in [3.05, 3.63) is 65.7 Å². The molecular formula is C24H27N3O3. The average molecular weight is 405 g/mol. The average Bonchev–Trinajstić information content (AvgIpc) is 3.35. The number of amides is 2. The molecule has 30 heavy (non-hydrogen) atoms. The van der Waals surface area contributed by atoms with Crippen LogP contribution in [0.5, 0.6) is 5.75 Å². The minimum absolute atomic E-state index is 0.0277. The molecule has 6 heteroatoms. The maximum atomic E-state index is 13.0. The molecular weight excluding hydrogens is 378 g/mol. The number of carbonyl (C=O) groups excluding carboxylic acids is 2. The summed E-state index contributed by atoms with van der Waals surface area (Å²) in [5.41, 5.74) is 1.81. The van der Waals surface area contributed by atoms with Crippen LogP contribution < -0.4 is 10.1 Å². The minimum Gasteiger partial charge on any atom is -0.480 e. The van der Waals surface area contributed by atoms with Gasteiger partial charge in [-0.1, -0.05) is 43.3 Å². The smallest absolute Gasteiger partial charge is 0.261 e. The lowest BCUT2D eigenvalue weighted by Gasteiger charge is -2.40. The Morgan fingerprint density at radius 1 is 1.07 bits per heavy atom. The van der Waals surface area contributed by atoms with Crippen LogP contribution in [0.4, 0.5) is 0 Å². The third-order valence-corrected chi connectivity index (χ3v) is 6.73. The van der Waals surface area contributed by atoms with Gasteiger partial charge in [-0.05, 0) is 24.6 Å². The predicted octanol–water partition coefficient (Wildman–Crippen LogP) is 2.27. The largest absolute Gasteiger partial charge is 0.480 e. The van der Waals surface area contributed by atoms with Gasteiger partial charge in [0.2, 0.25) is 0 Å². The van der Waals surface area contributed by atoms with Gasteiger partial charge in [0.05, 0.1) is 0 Å². The summed E-state index contributed by atoms with van der Waals surface area (Å²) in [5, 5.41) is 3.10. The van der Waals surface area contributed by atoms with Gasteiger partial charge in [-0.25, -0.2) is 0 Å². The van der Waals surface area contributed by atoms with Gasteiger partial charge in [-0.2, -0.15) is 0 Å². The second-order valence-corrected chi connectivity index (χ2v) is 8.52. The van der Waals surface area contributed by atoms with Crippen LogP contribution in [0.15, 0.2) is 54.6 Å². The third kappa shape index (κ3) is 3.35. The summed E-state index contributed by atoms with van der Waals surface area (Å²) in [5.74, 6) is 0.826. The summed E-state index contributed by atoms with van der Waals surface area (Å²) in [6.07, 6.45) is 0.487. The Balaban J connectivity index is 1.23. The Hall–Kier alpha value is -2.86. The van der Waals surface area contributed by atoms with E-state index in [1.54, 1.807) is 0 Å². The SMILES string of the molecule is C[C@@H]1c2ccccc2O[C@H]1C(=O)NC[C@H]1CN(C(=O)c2ccccc2)[C@H]2CCN1C2. The molecule has 0 aliphatic carbocycles. The van der Waals surface area contributed by atoms with Gasteiger partial charge in [0, 0.05) is 55.3 Å². The molecule has 0 aromatic heterocycles. The molecule has 6 nitrogen and oxygen atoms in total. The molecule has 2 saturated heterocycles. The number of carbonyl (C=O) groups is 2. The first-order valence-corrected chi connectivity index (χ1v) is 10.7. The van der Waals surface area contributed by atoms with E-state index in [4.69, 9.17) is 4.74 Å². The standard InChI is InChI=1S/C24H27N3O3/c1-16-20-9-5-6-10-21(20)30-22(16)23(28)25-13-19-15-27(18-11-12-26(19)14-18)24(29)17-7-3-2-4-8-17/h2-10,16,18-19,22H,11-15H2,1H3,(H,25,28)/t16-,18+,19+,22-/m1/s1. The van der Waals surface area contributed by atoms with E-state index in [1.807, 2.05) is 66.4 Å². The lowest BCUT2D eigenvalue weighted by atomic mass is 9.97. The molecule has 1 N–H and O–H groups in total. The normalized spacial score (nSPS) is 29.2. The van der Waals surface area contributed by atoms with E-state index in [1.165, 1.54) is 0 Å². The van der Waals surface area contributed by atoms with Gasteiger partial charge in [0.1, 0.15) is 5.75 Å². The zero-order valence-electron chi connectivity index (χ0n) is 17.2. The highest BCUT2D eigenvalue weighted by atomic mass is 16.5. The summed E-state index contributed by atoms with van der Waals surface area (Å²) in [6, 6.07) is 17.7. The fourth-order valence-corrected chi connectivity index (χ4v) is 5.00. The topological polar surface area (TPSA) is 61.9 Å². The summed E-state index contributed by atoms with van der Waals surface area (Å²) in [7, 11) is 0. The number of para-hydroxylation sites is 1. The second kappa shape index (κ2) is 7.76. The first kappa shape index (κ1) is 19.1. The highest BCUT2D eigenvalue weighted by Gasteiger charge is 2.42. The molecule has 0 spiro atoms. The van der Waals surface area contributed by atoms with Gasteiger partial charge in [-0.15, -0.1) is 0 Å². The molecule has 156 valence electrons. The number of fused-ring (bicyclic) bond motifs is 3. The monoisotopic (exact) mass is 405 g/mol. The highest BCUT2D eigenvalue weighted by Crippen LogP contribution is 2.37. The number of ether oxygens (including phenoxy) is 1. The number of nitrogens with zero attached hydrogens (tertiary/aromatic N) is 2. The van der Waals surface area contributed by atoms with Crippen molar-refractivity contribution in [2.75, 3.05) is 26.2 Å². The van der Waals surface area contributed by atoms with Gasteiger partial charge < -0.3 is 15.0 Å². The van der Waals surface area contributed by atoms with Crippen molar-refractivity contribution in [1.82, 2.24) is 15.1 Å². The molecule has 0 radical (unpaired) electrons. The Kier molecular flexibility index (Phi) is 4.95. The number of rotatable bonds is 4. The van der Waals surface area contributed by atoms with E-state index in [0.29, 0.717) is 13.1 Å². The maximum absolute atomic E-state index is 13.0. The Morgan fingerprint density at radius 3 is 2.63 bits per heavy atom. The van der Waals surface area contributed by atoms with Crippen molar-refractivity contribution >= 4 is 11.8 Å². The summed E-state index contributed by atoms with van der Waals surface area (Å²) in [4.78, 5) is 30.3. The van der Waals surface area contributed by atoms with Crippen molar-refractivity contribution in [2.24, 2.45) is 0 Å². The van der Waals surface area contributed by atoms with Gasteiger partial charge in [0.25, 0.3) is 11.8 Å². The van der Waals surface area contributed by atoms with Gasteiger partial charge in [0.15, 0.2) is 6.10 Å². The van der Waals surface area contributed by atoms with Crippen molar-refractivity contribution in [3.8, 4) is 5.75 Å². The van der Waals surface area contributed by atoms with Crippen LogP contribution in [0, 0.1) is 0 Å². The molecule has 3 aliphatic rings. The Bertz CT molecular complexity index is 948. The molecule has 2 aromatic carbocycles. The fourth-order valence-electron chi connectivity index (χ4n) is 5.00. The number of hydrogen-bond acceptors (Lipinski definition) is 4. The van der Waals surface area contributed by atoms with E-state index in [9.17, 15) is 9.59 Å². The number of nitrogens with one attached hydrogen (secondary N) is 1. The number of piperazine rings is 1. The van der Waals surface area contributed by atoms with Gasteiger partial charge >= 0.3 is 0 Å². The summed E-state index contributed by atoms with van der Waals surface area (Å²) >= 11 is 0.